The Bertz CT molecular complexity index is 880. The number of hydrogen-bond acceptors (Lipinski definition) is 6. The molecule has 0 saturated carbocycles. The fourth-order valence-electron chi connectivity index (χ4n) is 3.17. The molecule has 2 aliphatic heterocycles. The Hall–Kier alpha value is -3.03. The minimum atomic E-state index is -0.299. The molecule has 136 valence electrons. The maximum Gasteiger partial charge on any atom is 0.409 e. The van der Waals surface area contributed by atoms with Crippen LogP contribution in [-0.2, 0) is 17.8 Å². The molecular weight excluding hydrogens is 336 g/mol. The first-order valence-corrected chi connectivity index (χ1v) is 8.69. The second-order valence-corrected chi connectivity index (χ2v) is 6.29. The number of ether oxygens (including phenoxy) is 2. The Labute approximate surface area is 150 Å². The van der Waals surface area contributed by atoms with Crippen molar-refractivity contribution in [3.8, 4) is 5.75 Å². The van der Waals surface area contributed by atoms with E-state index >= 15 is 0 Å². The van der Waals surface area contributed by atoms with Gasteiger partial charge in [-0.2, -0.15) is 0 Å². The lowest BCUT2D eigenvalue weighted by molar-refractivity contribution is 0.0746. The van der Waals surface area contributed by atoms with Crippen LogP contribution in [0.5, 0.6) is 5.75 Å². The summed E-state index contributed by atoms with van der Waals surface area (Å²) in [7, 11) is 0. The van der Waals surface area contributed by atoms with Crippen molar-refractivity contribution in [3.63, 3.8) is 0 Å². The van der Waals surface area contributed by atoms with Gasteiger partial charge in [-0.1, -0.05) is 18.2 Å². The Kier molecular flexibility index (Phi) is 4.47. The molecule has 1 amide bonds. The number of benzene rings is 1. The van der Waals surface area contributed by atoms with Crippen LogP contribution in [0.4, 0.5) is 10.7 Å². The standard InChI is InChI=1S/C18H20N4O4/c23-16-13-10-12-4-1-2-5-15(12)26-11-14(13)20-17(21-16)19-6-8-22-7-3-9-25-18(22)24/h1-2,4-5H,3,6-11H2,(H2,19,20,21,23). The lowest BCUT2D eigenvalue weighted by atomic mass is 10.1. The number of rotatable bonds is 4. The molecule has 1 aromatic carbocycles. The molecule has 1 saturated heterocycles. The summed E-state index contributed by atoms with van der Waals surface area (Å²) in [6.45, 7) is 2.37. The van der Waals surface area contributed by atoms with E-state index in [4.69, 9.17) is 9.47 Å². The topological polar surface area (TPSA) is 96.5 Å². The van der Waals surface area contributed by atoms with Gasteiger partial charge in [-0.05, 0) is 18.1 Å². The van der Waals surface area contributed by atoms with Gasteiger partial charge in [0.15, 0.2) is 0 Å². The molecule has 8 heteroatoms. The maximum absolute atomic E-state index is 12.5. The molecule has 1 aromatic heterocycles. The average Bonchev–Trinajstić information content (AvgIpc) is 2.83. The average molecular weight is 356 g/mol. The van der Waals surface area contributed by atoms with Crippen LogP contribution in [0.15, 0.2) is 29.1 Å². The van der Waals surface area contributed by atoms with Crippen molar-refractivity contribution in [1.29, 1.82) is 0 Å². The Morgan fingerprint density at radius 3 is 3.00 bits per heavy atom. The van der Waals surface area contributed by atoms with Crippen LogP contribution in [0.2, 0.25) is 0 Å². The number of carbonyl (C=O) groups excluding carboxylic acids is 1. The molecule has 8 nitrogen and oxygen atoms in total. The Morgan fingerprint density at radius 2 is 2.12 bits per heavy atom. The summed E-state index contributed by atoms with van der Waals surface area (Å²) in [4.78, 5) is 33.0. The first-order valence-electron chi connectivity index (χ1n) is 8.69. The fourth-order valence-corrected chi connectivity index (χ4v) is 3.17. The van der Waals surface area contributed by atoms with Crippen molar-refractivity contribution >= 4 is 12.0 Å². The third kappa shape index (κ3) is 3.35. The summed E-state index contributed by atoms with van der Waals surface area (Å²) < 4.78 is 10.8. The van der Waals surface area contributed by atoms with E-state index in [1.54, 1.807) is 4.90 Å². The number of para-hydroxylation sites is 1. The number of aromatic nitrogens is 2. The molecule has 1 fully saturated rings. The largest absolute Gasteiger partial charge is 0.487 e. The van der Waals surface area contributed by atoms with E-state index in [-0.39, 0.29) is 18.3 Å². The second kappa shape index (κ2) is 7.07. The molecule has 0 radical (unpaired) electrons. The number of anilines is 1. The third-order valence-corrected chi connectivity index (χ3v) is 4.54. The van der Waals surface area contributed by atoms with Crippen LogP contribution >= 0.6 is 0 Å². The zero-order chi connectivity index (χ0) is 17.9. The zero-order valence-corrected chi connectivity index (χ0v) is 14.3. The summed E-state index contributed by atoms with van der Waals surface area (Å²) in [6.07, 6.45) is 1.03. The number of nitrogens with zero attached hydrogens (tertiary/aromatic N) is 2. The van der Waals surface area contributed by atoms with E-state index in [0.717, 1.165) is 17.7 Å². The molecule has 4 rings (SSSR count). The molecule has 26 heavy (non-hydrogen) atoms. The lowest BCUT2D eigenvalue weighted by Crippen LogP contribution is -2.40. The predicted molar refractivity (Wildman–Crippen MR) is 94.5 cm³/mol. The maximum atomic E-state index is 12.5. The number of nitrogens with one attached hydrogen (secondary N) is 2. The quantitative estimate of drug-likeness (QED) is 0.862. The van der Waals surface area contributed by atoms with E-state index in [2.05, 4.69) is 15.3 Å². The Morgan fingerprint density at radius 1 is 1.23 bits per heavy atom. The van der Waals surface area contributed by atoms with Crippen LogP contribution in [0, 0.1) is 0 Å². The van der Waals surface area contributed by atoms with Crippen molar-refractivity contribution in [2.24, 2.45) is 0 Å². The summed E-state index contributed by atoms with van der Waals surface area (Å²) in [5.74, 6) is 1.16. The van der Waals surface area contributed by atoms with Gasteiger partial charge in [0.1, 0.15) is 12.4 Å². The third-order valence-electron chi connectivity index (χ3n) is 4.54. The Balaban J connectivity index is 1.46. The molecule has 0 unspecified atom stereocenters. The summed E-state index contributed by atoms with van der Waals surface area (Å²) in [5.41, 5.74) is 2.06. The SMILES string of the molecule is O=C1OCCCN1CCNc1nc2c(c(=O)[nH]1)Cc1ccccc1OC2. The fraction of sp³-hybridized carbons (Fsp3) is 0.389. The molecule has 2 aromatic rings. The van der Waals surface area contributed by atoms with E-state index in [1.165, 1.54) is 0 Å². The zero-order valence-electron chi connectivity index (χ0n) is 14.3. The first-order chi connectivity index (χ1) is 12.7. The molecule has 0 bridgehead atoms. The highest BCUT2D eigenvalue weighted by Gasteiger charge is 2.20. The molecular formula is C18H20N4O4. The van der Waals surface area contributed by atoms with Crippen LogP contribution in [-0.4, -0.2) is 47.2 Å². The smallest absolute Gasteiger partial charge is 0.409 e. The summed E-state index contributed by atoms with van der Waals surface area (Å²) >= 11 is 0. The van der Waals surface area contributed by atoms with Gasteiger partial charge in [0.05, 0.1) is 12.3 Å². The van der Waals surface area contributed by atoms with Crippen LogP contribution < -0.4 is 15.6 Å². The number of hydrogen-bond donors (Lipinski definition) is 2. The minimum Gasteiger partial charge on any atom is -0.487 e. The lowest BCUT2D eigenvalue weighted by Gasteiger charge is -2.26. The number of H-pyrrole nitrogens is 1. The predicted octanol–water partition coefficient (Wildman–Crippen LogP) is 1.51. The van der Waals surface area contributed by atoms with Crippen molar-refractivity contribution < 1.29 is 14.3 Å². The molecule has 0 aliphatic carbocycles. The van der Waals surface area contributed by atoms with Crippen molar-refractivity contribution in [3.05, 3.63) is 51.4 Å². The minimum absolute atomic E-state index is 0.171. The van der Waals surface area contributed by atoms with Gasteiger partial charge in [-0.25, -0.2) is 9.78 Å². The van der Waals surface area contributed by atoms with Gasteiger partial charge in [0.25, 0.3) is 5.56 Å². The highest BCUT2D eigenvalue weighted by atomic mass is 16.6. The van der Waals surface area contributed by atoms with Crippen molar-refractivity contribution in [1.82, 2.24) is 14.9 Å². The summed E-state index contributed by atoms with van der Waals surface area (Å²) in [5, 5.41) is 3.07. The van der Waals surface area contributed by atoms with Gasteiger partial charge in [0.2, 0.25) is 5.95 Å². The van der Waals surface area contributed by atoms with Gasteiger partial charge in [-0.15, -0.1) is 0 Å². The number of cyclic esters (lactones) is 1. The normalized spacial score (nSPS) is 16.0. The van der Waals surface area contributed by atoms with Crippen LogP contribution in [0.3, 0.4) is 0 Å². The van der Waals surface area contributed by atoms with E-state index < -0.39 is 0 Å². The van der Waals surface area contributed by atoms with Crippen LogP contribution in [0.25, 0.3) is 0 Å². The number of aromatic amines is 1. The number of fused-ring (bicyclic) bond motifs is 2. The summed E-state index contributed by atoms with van der Waals surface area (Å²) in [6, 6.07) is 7.68. The van der Waals surface area contributed by atoms with E-state index in [0.29, 0.717) is 49.9 Å². The molecule has 0 atom stereocenters. The highest BCUT2D eigenvalue weighted by molar-refractivity contribution is 5.68. The van der Waals surface area contributed by atoms with Gasteiger partial charge >= 0.3 is 6.09 Å². The highest BCUT2D eigenvalue weighted by Crippen LogP contribution is 2.25. The van der Waals surface area contributed by atoms with Crippen molar-refractivity contribution in [2.75, 3.05) is 31.6 Å². The van der Waals surface area contributed by atoms with Gasteiger partial charge < -0.3 is 19.7 Å². The first kappa shape index (κ1) is 16.4. The van der Waals surface area contributed by atoms with E-state index in [1.807, 2.05) is 24.3 Å². The van der Waals surface area contributed by atoms with Crippen LogP contribution in [0.1, 0.15) is 23.2 Å². The van der Waals surface area contributed by atoms with Gasteiger partial charge in [0, 0.05) is 31.6 Å². The van der Waals surface area contributed by atoms with Crippen molar-refractivity contribution in [2.45, 2.75) is 19.4 Å². The molecule has 2 aliphatic rings. The number of amides is 1. The number of carbonyl (C=O) groups is 1. The molecule has 3 heterocycles. The van der Waals surface area contributed by atoms with E-state index in [9.17, 15) is 9.59 Å². The molecule has 0 spiro atoms. The van der Waals surface area contributed by atoms with Gasteiger partial charge in [-0.3, -0.25) is 9.78 Å². The monoisotopic (exact) mass is 356 g/mol. The second-order valence-electron chi connectivity index (χ2n) is 6.29. The molecule has 2 N–H and O–H groups in total.